The summed E-state index contributed by atoms with van der Waals surface area (Å²) in [5, 5.41) is 17.3. The van der Waals surface area contributed by atoms with Gasteiger partial charge >= 0.3 is 35.5 Å². The largest absolute Gasteiger partial charge is 1.00 e. The van der Waals surface area contributed by atoms with Crippen molar-refractivity contribution in [1.82, 2.24) is 0 Å². The van der Waals surface area contributed by atoms with E-state index in [0.29, 0.717) is 0 Å². The summed E-state index contributed by atoms with van der Waals surface area (Å²) in [6.45, 7) is 3.08. The molecule has 1 unspecified atom stereocenters. The zero-order chi connectivity index (χ0) is 10.6. The molecule has 0 radical (unpaired) electrons. The van der Waals surface area contributed by atoms with Gasteiger partial charge in [0.2, 0.25) is 0 Å². The summed E-state index contributed by atoms with van der Waals surface area (Å²) in [5.41, 5.74) is 0. The number of aliphatic hydroxyl groups is 1. The van der Waals surface area contributed by atoms with Gasteiger partial charge in [0.15, 0.2) is 0 Å². The summed E-state index contributed by atoms with van der Waals surface area (Å²) < 4.78 is 28.6. The van der Waals surface area contributed by atoms with Crippen molar-refractivity contribution in [3.8, 4) is 0 Å². The molecule has 0 aliphatic rings. The number of carboxylic acids is 1. The van der Waals surface area contributed by atoms with Gasteiger partial charge in [-0.15, -0.1) is 6.58 Å². The normalized spacial score (nSPS) is 13.9. The molecule has 8 heteroatoms. The van der Waals surface area contributed by atoms with Gasteiger partial charge < -0.3 is 11.6 Å². The van der Waals surface area contributed by atoms with Crippen LogP contribution in [0.15, 0.2) is 23.8 Å². The molecule has 3 N–H and O–H groups in total. The predicted octanol–water partition coefficient (Wildman–Crippen LogP) is -2.72. The molecule has 0 spiro atoms. The molecular weight excluding hydrogens is 223 g/mol. The van der Waals surface area contributed by atoms with Gasteiger partial charge in [0.05, 0.1) is 5.41 Å². The van der Waals surface area contributed by atoms with Gasteiger partial charge in [0, 0.05) is 0 Å². The van der Waals surface area contributed by atoms with Gasteiger partial charge in [-0.05, 0) is 0 Å². The Morgan fingerprint density at radius 3 is 2.07 bits per heavy atom. The minimum atomic E-state index is -4.54. The van der Waals surface area contributed by atoms with Crippen molar-refractivity contribution in [2.45, 2.75) is 0 Å². The Balaban J connectivity index is -0.000000720. The fourth-order valence-corrected chi connectivity index (χ4v) is 1.03. The van der Waals surface area contributed by atoms with Crippen molar-refractivity contribution in [2.24, 2.45) is 5.92 Å². The number of hydrogen-bond donors (Lipinski definition) is 3. The summed E-state index contributed by atoms with van der Waals surface area (Å²) in [6.07, 6.45) is 0.833. The van der Waals surface area contributed by atoms with Crippen molar-refractivity contribution >= 4 is 16.1 Å². The number of rotatable bonds is 4. The van der Waals surface area contributed by atoms with E-state index in [9.17, 15) is 13.2 Å². The van der Waals surface area contributed by atoms with Crippen LogP contribution in [0, 0.1) is 5.92 Å². The van der Waals surface area contributed by atoms with E-state index >= 15 is 0 Å². The van der Waals surface area contributed by atoms with Crippen LogP contribution >= 0.6 is 0 Å². The SMILES string of the molecule is C=CC(C(=O)O)C(O)=CS(=O)(=O)O.[H-].[Na+]. The molecule has 0 aromatic carbocycles. The van der Waals surface area contributed by atoms with E-state index in [1.807, 2.05) is 0 Å². The van der Waals surface area contributed by atoms with Crippen molar-refractivity contribution in [3.05, 3.63) is 23.8 Å². The topological polar surface area (TPSA) is 112 Å². The smallest absolute Gasteiger partial charge is 1.00 e. The second-order valence-corrected chi connectivity index (χ2v) is 3.37. The first-order valence-electron chi connectivity index (χ1n) is 3.01. The number of aliphatic hydroxyl groups excluding tert-OH is 1. The van der Waals surface area contributed by atoms with Gasteiger partial charge in [-0.1, -0.05) is 6.08 Å². The third-order valence-corrected chi connectivity index (χ3v) is 1.63. The van der Waals surface area contributed by atoms with Gasteiger partial charge in [0.25, 0.3) is 10.1 Å². The fraction of sp³-hybridized carbons (Fsp3) is 0.167. The molecule has 0 amide bonds. The molecule has 0 bridgehead atoms. The molecule has 6 nitrogen and oxygen atoms in total. The Labute approximate surface area is 104 Å². The molecule has 14 heavy (non-hydrogen) atoms. The maximum atomic E-state index is 10.3. The fourth-order valence-electron chi connectivity index (χ4n) is 0.574. The van der Waals surface area contributed by atoms with Crippen LogP contribution < -0.4 is 29.6 Å². The second-order valence-electron chi connectivity index (χ2n) is 2.11. The summed E-state index contributed by atoms with van der Waals surface area (Å²) in [4.78, 5) is 10.3. The minimum absolute atomic E-state index is 0. The molecule has 76 valence electrons. The third kappa shape index (κ3) is 6.17. The van der Waals surface area contributed by atoms with Crippen LogP contribution in [-0.2, 0) is 14.9 Å². The van der Waals surface area contributed by atoms with Crippen LogP contribution in [0.1, 0.15) is 1.43 Å². The van der Waals surface area contributed by atoms with E-state index in [4.69, 9.17) is 14.8 Å². The first-order valence-corrected chi connectivity index (χ1v) is 4.51. The van der Waals surface area contributed by atoms with E-state index in [0.717, 1.165) is 6.08 Å². The van der Waals surface area contributed by atoms with E-state index in [1.165, 1.54) is 0 Å². The van der Waals surface area contributed by atoms with E-state index in [-0.39, 0.29) is 36.4 Å². The van der Waals surface area contributed by atoms with Crippen LogP contribution in [0.4, 0.5) is 0 Å². The maximum Gasteiger partial charge on any atom is 1.00 e. The molecule has 0 saturated heterocycles. The van der Waals surface area contributed by atoms with Crippen molar-refractivity contribution in [3.63, 3.8) is 0 Å². The predicted molar refractivity (Wildman–Crippen MR) is 44.7 cm³/mol. The Kier molecular flexibility index (Phi) is 7.13. The Hall–Kier alpha value is -0.340. The quantitative estimate of drug-likeness (QED) is 0.210. The van der Waals surface area contributed by atoms with Crippen molar-refractivity contribution in [1.29, 1.82) is 0 Å². The van der Waals surface area contributed by atoms with E-state index in [2.05, 4.69) is 6.58 Å². The zero-order valence-corrected chi connectivity index (χ0v) is 10.2. The van der Waals surface area contributed by atoms with Crippen LogP contribution in [0.5, 0.6) is 0 Å². The summed E-state index contributed by atoms with van der Waals surface area (Å²) in [7, 11) is -4.54. The van der Waals surface area contributed by atoms with Crippen molar-refractivity contribution in [2.75, 3.05) is 0 Å². The molecule has 0 aliphatic carbocycles. The van der Waals surface area contributed by atoms with Gasteiger partial charge in [-0.25, -0.2) is 0 Å². The molecule has 0 heterocycles. The average Bonchev–Trinajstić information content (AvgIpc) is 1.82. The van der Waals surface area contributed by atoms with Crippen LogP contribution in [-0.4, -0.2) is 29.2 Å². The van der Waals surface area contributed by atoms with E-state index < -0.39 is 27.8 Å². The van der Waals surface area contributed by atoms with Gasteiger partial charge in [-0.2, -0.15) is 8.42 Å². The molecule has 0 aliphatic heterocycles. The summed E-state index contributed by atoms with van der Waals surface area (Å²) in [5.74, 6) is -4.00. The molecule has 0 saturated carbocycles. The zero-order valence-electron chi connectivity index (χ0n) is 8.41. The molecule has 0 fully saturated rings. The van der Waals surface area contributed by atoms with E-state index in [1.54, 1.807) is 0 Å². The van der Waals surface area contributed by atoms with Crippen LogP contribution in [0.3, 0.4) is 0 Å². The van der Waals surface area contributed by atoms with Crippen molar-refractivity contribution < 1.29 is 59.0 Å². The monoisotopic (exact) mass is 232 g/mol. The first kappa shape index (κ1) is 16.1. The first-order chi connectivity index (χ1) is 5.78. The average molecular weight is 232 g/mol. The molecular formula is C6H9NaO6S. The standard InChI is InChI=1S/C6H8O6S.Na.H/c1-2-4(6(8)9)5(7)3-13(10,11)12;;/h2-4,7H,1H2,(H,8,9)(H,10,11,12);;/q;+1;-1. The molecule has 1 atom stereocenters. The Morgan fingerprint density at radius 1 is 1.43 bits per heavy atom. The Morgan fingerprint density at radius 2 is 1.86 bits per heavy atom. The van der Waals surface area contributed by atoms with Crippen LogP contribution in [0.25, 0.3) is 0 Å². The Bertz CT molecular complexity index is 349. The molecule has 0 aromatic rings. The number of carboxylic acid groups (broad SMARTS) is 1. The minimum Gasteiger partial charge on any atom is -1.00 e. The number of carbonyl (C=O) groups is 1. The summed E-state index contributed by atoms with van der Waals surface area (Å²) in [6, 6.07) is 0. The van der Waals surface area contributed by atoms with Gasteiger partial charge in [-0.3, -0.25) is 9.35 Å². The van der Waals surface area contributed by atoms with Gasteiger partial charge in [0.1, 0.15) is 11.7 Å². The second kappa shape index (κ2) is 6.20. The molecule has 0 rings (SSSR count). The van der Waals surface area contributed by atoms with Crippen LogP contribution in [0.2, 0.25) is 0 Å². The number of aliphatic carboxylic acids is 1. The summed E-state index contributed by atoms with van der Waals surface area (Å²) >= 11 is 0. The molecule has 0 aromatic heterocycles. The maximum absolute atomic E-state index is 10.3. The number of hydrogen-bond acceptors (Lipinski definition) is 4. The third-order valence-electron chi connectivity index (χ3n) is 1.09.